The van der Waals surface area contributed by atoms with Gasteiger partial charge in [-0.1, -0.05) is 24.3 Å². The Morgan fingerprint density at radius 1 is 1.16 bits per heavy atom. The lowest BCUT2D eigenvalue weighted by Gasteiger charge is -2.12. The van der Waals surface area contributed by atoms with Gasteiger partial charge in [-0.05, 0) is 30.7 Å². The highest BCUT2D eigenvalue weighted by Crippen LogP contribution is 2.25. The summed E-state index contributed by atoms with van der Waals surface area (Å²) in [6, 6.07) is 12.6. The van der Waals surface area contributed by atoms with Gasteiger partial charge in [0.05, 0.1) is 18.4 Å². The highest BCUT2D eigenvalue weighted by Gasteiger charge is 2.14. The number of carbonyl (C=O) groups excluding carboxylic acids is 1. The van der Waals surface area contributed by atoms with E-state index in [1.165, 1.54) is 0 Å². The molecule has 2 rings (SSSR count). The molecule has 0 atom stereocenters. The highest BCUT2D eigenvalue weighted by molar-refractivity contribution is 6.09. The van der Waals surface area contributed by atoms with Crippen molar-refractivity contribution in [2.75, 3.05) is 18.2 Å². The molecule has 2 aromatic rings. The third-order valence-electron chi connectivity index (χ3n) is 2.89. The van der Waals surface area contributed by atoms with Gasteiger partial charge in [-0.2, -0.15) is 0 Å². The molecule has 0 spiro atoms. The Labute approximate surface area is 112 Å². The fraction of sp³-hybridized carbons (Fsp3) is 0.133. The number of benzene rings is 2. The maximum Gasteiger partial charge on any atom is 0.258 e. The highest BCUT2D eigenvalue weighted by atomic mass is 16.5. The standard InChI is InChI=1S/C15H16N2O2/c1-10-6-5-7-11(16)14(10)15(18)17-12-8-3-4-9-13(12)19-2/h3-9H,16H2,1-2H3,(H,17,18). The predicted molar refractivity (Wildman–Crippen MR) is 76.5 cm³/mol. The third kappa shape index (κ3) is 2.68. The van der Waals surface area contributed by atoms with Crippen LogP contribution >= 0.6 is 0 Å². The molecule has 0 aliphatic carbocycles. The van der Waals surface area contributed by atoms with Gasteiger partial charge < -0.3 is 15.8 Å². The van der Waals surface area contributed by atoms with Crippen molar-refractivity contribution in [1.82, 2.24) is 0 Å². The second-order valence-corrected chi connectivity index (χ2v) is 4.19. The lowest BCUT2D eigenvalue weighted by molar-refractivity contribution is 0.102. The number of hydrogen-bond acceptors (Lipinski definition) is 3. The van der Waals surface area contributed by atoms with E-state index in [2.05, 4.69) is 5.32 Å². The van der Waals surface area contributed by atoms with Gasteiger partial charge in [0.25, 0.3) is 5.91 Å². The summed E-state index contributed by atoms with van der Waals surface area (Å²) in [5.74, 6) is 0.378. The maximum atomic E-state index is 12.3. The van der Waals surface area contributed by atoms with E-state index >= 15 is 0 Å². The Morgan fingerprint density at radius 2 is 1.89 bits per heavy atom. The smallest absolute Gasteiger partial charge is 0.258 e. The third-order valence-corrected chi connectivity index (χ3v) is 2.89. The number of nitrogen functional groups attached to an aromatic ring is 1. The van der Waals surface area contributed by atoms with Crippen LogP contribution in [0.1, 0.15) is 15.9 Å². The molecule has 98 valence electrons. The Morgan fingerprint density at radius 3 is 2.58 bits per heavy atom. The molecule has 0 aliphatic rings. The van der Waals surface area contributed by atoms with Crippen LogP contribution in [0.5, 0.6) is 5.75 Å². The van der Waals surface area contributed by atoms with Crippen LogP contribution in [0.3, 0.4) is 0 Å². The summed E-state index contributed by atoms with van der Waals surface area (Å²) < 4.78 is 5.20. The van der Waals surface area contributed by atoms with Gasteiger partial charge in [0, 0.05) is 5.69 Å². The van der Waals surface area contributed by atoms with Crippen LogP contribution in [0.4, 0.5) is 11.4 Å². The number of anilines is 2. The molecule has 0 saturated carbocycles. The first-order chi connectivity index (χ1) is 9.13. The molecule has 0 aromatic heterocycles. The second-order valence-electron chi connectivity index (χ2n) is 4.19. The zero-order valence-electron chi connectivity index (χ0n) is 10.9. The number of ether oxygens (including phenoxy) is 1. The quantitative estimate of drug-likeness (QED) is 0.830. The van der Waals surface area contributed by atoms with Gasteiger partial charge in [0.15, 0.2) is 0 Å². The number of hydrogen-bond donors (Lipinski definition) is 2. The van der Waals surface area contributed by atoms with Crippen molar-refractivity contribution in [1.29, 1.82) is 0 Å². The van der Waals surface area contributed by atoms with Crippen LogP contribution < -0.4 is 15.8 Å². The zero-order chi connectivity index (χ0) is 13.8. The number of amides is 1. The van der Waals surface area contributed by atoms with E-state index in [0.29, 0.717) is 22.7 Å². The van der Waals surface area contributed by atoms with Crippen molar-refractivity contribution < 1.29 is 9.53 Å². The molecule has 1 amide bonds. The lowest BCUT2D eigenvalue weighted by atomic mass is 10.1. The Kier molecular flexibility index (Phi) is 3.71. The molecule has 0 heterocycles. The molecule has 4 nitrogen and oxygen atoms in total. The van der Waals surface area contributed by atoms with Crippen LogP contribution in [-0.2, 0) is 0 Å². The SMILES string of the molecule is COc1ccccc1NC(=O)c1c(C)cccc1N. The number of methoxy groups -OCH3 is 1. The summed E-state index contributed by atoms with van der Waals surface area (Å²) in [7, 11) is 1.56. The minimum absolute atomic E-state index is 0.236. The summed E-state index contributed by atoms with van der Waals surface area (Å²) in [5, 5.41) is 2.82. The van der Waals surface area contributed by atoms with Crippen LogP contribution in [0.15, 0.2) is 42.5 Å². The lowest BCUT2D eigenvalue weighted by Crippen LogP contribution is -2.16. The molecule has 4 heteroatoms. The van der Waals surface area contributed by atoms with Gasteiger partial charge in [0.1, 0.15) is 5.75 Å². The molecular formula is C15H16N2O2. The maximum absolute atomic E-state index is 12.3. The van der Waals surface area contributed by atoms with E-state index in [9.17, 15) is 4.79 Å². The summed E-state index contributed by atoms with van der Waals surface area (Å²) in [6.45, 7) is 1.85. The van der Waals surface area contributed by atoms with Crippen LogP contribution in [0.25, 0.3) is 0 Å². The van der Waals surface area contributed by atoms with Crippen molar-refractivity contribution in [2.45, 2.75) is 6.92 Å². The van der Waals surface area contributed by atoms with Gasteiger partial charge in [-0.25, -0.2) is 0 Å². The number of para-hydroxylation sites is 2. The van der Waals surface area contributed by atoms with E-state index in [0.717, 1.165) is 5.56 Å². The first kappa shape index (κ1) is 13.0. The normalized spacial score (nSPS) is 10.0. The Hall–Kier alpha value is -2.49. The fourth-order valence-corrected chi connectivity index (χ4v) is 1.93. The Balaban J connectivity index is 2.31. The first-order valence-electron chi connectivity index (χ1n) is 5.93. The van der Waals surface area contributed by atoms with Gasteiger partial charge >= 0.3 is 0 Å². The van der Waals surface area contributed by atoms with Gasteiger partial charge in [-0.15, -0.1) is 0 Å². The fourth-order valence-electron chi connectivity index (χ4n) is 1.93. The number of nitrogens with two attached hydrogens (primary N) is 1. The number of carbonyl (C=O) groups is 1. The molecule has 0 saturated heterocycles. The van der Waals surface area contributed by atoms with Crippen molar-refractivity contribution >= 4 is 17.3 Å². The van der Waals surface area contributed by atoms with Crippen LogP contribution in [-0.4, -0.2) is 13.0 Å². The second kappa shape index (κ2) is 5.44. The minimum Gasteiger partial charge on any atom is -0.495 e. The molecule has 0 unspecified atom stereocenters. The van der Waals surface area contributed by atoms with E-state index in [4.69, 9.17) is 10.5 Å². The number of nitrogens with one attached hydrogen (secondary N) is 1. The molecule has 0 aliphatic heterocycles. The minimum atomic E-state index is -0.236. The summed E-state index contributed by atoms with van der Waals surface area (Å²) in [5.41, 5.74) is 8.28. The van der Waals surface area contributed by atoms with Crippen LogP contribution in [0, 0.1) is 6.92 Å². The monoisotopic (exact) mass is 256 g/mol. The molecule has 3 N–H and O–H groups in total. The van der Waals surface area contributed by atoms with Crippen molar-refractivity contribution in [3.8, 4) is 5.75 Å². The first-order valence-corrected chi connectivity index (χ1v) is 5.93. The average Bonchev–Trinajstić information content (AvgIpc) is 2.39. The number of aryl methyl sites for hydroxylation is 1. The molecule has 0 bridgehead atoms. The summed E-state index contributed by atoms with van der Waals surface area (Å²) in [6.07, 6.45) is 0. The molecule has 0 fully saturated rings. The van der Waals surface area contributed by atoms with E-state index in [1.807, 2.05) is 31.2 Å². The molecule has 2 aromatic carbocycles. The van der Waals surface area contributed by atoms with E-state index < -0.39 is 0 Å². The predicted octanol–water partition coefficient (Wildman–Crippen LogP) is 2.84. The van der Waals surface area contributed by atoms with Crippen LogP contribution in [0.2, 0.25) is 0 Å². The summed E-state index contributed by atoms with van der Waals surface area (Å²) in [4.78, 5) is 12.3. The van der Waals surface area contributed by atoms with E-state index in [1.54, 1.807) is 25.3 Å². The average molecular weight is 256 g/mol. The molecule has 0 radical (unpaired) electrons. The zero-order valence-corrected chi connectivity index (χ0v) is 10.9. The van der Waals surface area contributed by atoms with Crippen molar-refractivity contribution in [3.63, 3.8) is 0 Å². The molecule has 19 heavy (non-hydrogen) atoms. The molecular weight excluding hydrogens is 240 g/mol. The van der Waals surface area contributed by atoms with Gasteiger partial charge in [-0.3, -0.25) is 4.79 Å². The van der Waals surface area contributed by atoms with E-state index in [-0.39, 0.29) is 5.91 Å². The topological polar surface area (TPSA) is 64.3 Å². The summed E-state index contributed by atoms with van der Waals surface area (Å²) >= 11 is 0. The van der Waals surface area contributed by atoms with Gasteiger partial charge in [0.2, 0.25) is 0 Å². The Bertz CT molecular complexity index is 589. The number of rotatable bonds is 3. The van der Waals surface area contributed by atoms with Crippen molar-refractivity contribution in [2.24, 2.45) is 0 Å². The largest absolute Gasteiger partial charge is 0.495 e. The van der Waals surface area contributed by atoms with Crippen molar-refractivity contribution in [3.05, 3.63) is 53.6 Å².